The van der Waals surface area contributed by atoms with Gasteiger partial charge in [0.05, 0.1) is 11.7 Å². The van der Waals surface area contributed by atoms with Gasteiger partial charge >= 0.3 is 0 Å². The monoisotopic (exact) mass is 258 g/mol. The smallest absolute Gasteiger partial charge is 0.155 e. The Morgan fingerprint density at radius 3 is 2.79 bits per heavy atom. The number of carbonyl (C=O) groups is 1. The van der Waals surface area contributed by atoms with E-state index in [1.165, 1.54) is 31.3 Å². The van der Waals surface area contributed by atoms with Crippen LogP contribution in [0, 0.1) is 0 Å². The SMILES string of the molecule is O=C1C=C(Cc2ccn(C3CCCC3)n2)CCCC1. The number of aromatic nitrogens is 2. The zero-order valence-corrected chi connectivity index (χ0v) is 11.5. The van der Waals surface area contributed by atoms with Crippen LogP contribution in [0.25, 0.3) is 0 Å². The van der Waals surface area contributed by atoms with Crippen molar-refractivity contribution >= 4 is 5.78 Å². The van der Waals surface area contributed by atoms with Gasteiger partial charge in [-0.3, -0.25) is 9.48 Å². The molecule has 1 aromatic rings. The van der Waals surface area contributed by atoms with Gasteiger partial charge in [0.15, 0.2) is 5.78 Å². The number of hydrogen-bond acceptors (Lipinski definition) is 2. The maximum atomic E-state index is 11.6. The van der Waals surface area contributed by atoms with Crippen LogP contribution in [0.3, 0.4) is 0 Å². The van der Waals surface area contributed by atoms with Crippen LogP contribution in [0.5, 0.6) is 0 Å². The van der Waals surface area contributed by atoms with E-state index in [-0.39, 0.29) is 0 Å². The van der Waals surface area contributed by atoms with Crippen molar-refractivity contribution in [3.8, 4) is 0 Å². The van der Waals surface area contributed by atoms with Crippen LogP contribution < -0.4 is 0 Å². The lowest BCUT2D eigenvalue weighted by Gasteiger charge is -2.09. The first-order valence-corrected chi connectivity index (χ1v) is 7.57. The first kappa shape index (κ1) is 12.6. The van der Waals surface area contributed by atoms with Crippen molar-refractivity contribution in [2.75, 3.05) is 0 Å². The van der Waals surface area contributed by atoms with Crippen molar-refractivity contribution in [3.63, 3.8) is 0 Å². The number of rotatable bonds is 3. The van der Waals surface area contributed by atoms with E-state index >= 15 is 0 Å². The van der Waals surface area contributed by atoms with E-state index in [9.17, 15) is 4.79 Å². The third-order valence-corrected chi connectivity index (χ3v) is 4.31. The largest absolute Gasteiger partial charge is 0.295 e. The second-order valence-corrected chi connectivity index (χ2v) is 5.88. The Morgan fingerprint density at radius 2 is 1.95 bits per heavy atom. The van der Waals surface area contributed by atoms with Crippen LogP contribution >= 0.6 is 0 Å². The number of hydrogen-bond donors (Lipinski definition) is 0. The summed E-state index contributed by atoms with van der Waals surface area (Å²) in [6, 6.07) is 2.73. The van der Waals surface area contributed by atoms with Crippen molar-refractivity contribution in [3.05, 3.63) is 29.6 Å². The summed E-state index contributed by atoms with van der Waals surface area (Å²) in [5, 5.41) is 4.71. The quantitative estimate of drug-likeness (QED) is 0.830. The molecule has 3 rings (SSSR count). The summed E-state index contributed by atoms with van der Waals surface area (Å²) in [5.74, 6) is 0.294. The lowest BCUT2D eigenvalue weighted by molar-refractivity contribution is -0.114. The van der Waals surface area contributed by atoms with Crippen LogP contribution in [0.15, 0.2) is 23.9 Å². The zero-order valence-electron chi connectivity index (χ0n) is 11.5. The predicted molar refractivity (Wildman–Crippen MR) is 75.0 cm³/mol. The summed E-state index contributed by atoms with van der Waals surface area (Å²) in [4.78, 5) is 11.6. The number of allylic oxidation sites excluding steroid dienone is 2. The summed E-state index contributed by atoms with van der Waals surface area (Å²) >= 11 is 0. The maximum absolute atomic E-state index is 11.6. The first-order valence-electron chi connectivity index (χ1n) is 7.57. The minimum atomic E-state index is 0.294. The van der Waals surface area contributed by atoms with Gasteiger partial charge in [-0.1, -0.05) is 18.4 Å². The van der Waals surface area contributed by atoms with Gasteiger partial charge in [0.25, 0.3) is 0 Å². The van der Waals surface area contributed by atoms with Crippen molar-refractivity contribution < 1.29 is 4.79 Å². The first-order chi connectivity index (χ1) is 9.31. The molecule has 0 amide bonds. The lowest BCUT2D eigenvalue weighted by Crippen LogP contribution is -2.06. The molecule has 0 saturated heterocycles. The molecule has 0 bridgehead atoms. The molecule has 102 valence electrons. The fourth-order valence-corrected chi connectivity index (χ4v) is 3.24. The second kappa shape index (κ2) is 5.72. The molecule has 2 aliphatic carbocycles. The molecule has 3 heteroatoms. The Kier molecular flexibility index (Phi) is 3.81. The third-order valence-electron chi connectivity index (χ3n) is 4.31. The molecule has 0 N–H and O–H groups in total. The number of ketones is 1. The molecule has 3 nitrogen and oxygen atoms in total. The summed E-state index contributed by atoms with van der Waals surface area (Å²) < 4.78 is 2.14. The van der Waals surface area contributed by atoms with Gasteiger partial charge < -0.3 is 0 Å². The molecule has 19 heavy (non-hydrogen) atoms. The molecule has 1 aromatic heterocycles. The van der Waals surface area contributed by atoms with Crippen LogP contribution in [-0.4, -0.2) is 15.6 Å². The van der Waals surface area contributed by atoms with Gasteiger partial charge in [-0.25, -0.2) is 0 Å². The highest BCUT2D eigenvalue weighted by atomic mass is 16.1. The third kappa shape index (κ3) is 3.14. The van der Waals surface area contributed by atoms with E-state index in [4.69, 9.17) is 5.10 Å². The van der Waals surface area contributed by atoms with Gasteiger partial charge in [-0.15, -0.1) is 0 Å². The zero-order chi connectivity index (χ0) is 13.1. The molecule has 0 unspecified atom stereocenters. The molecule has 0 spiro atoms. The van der Waals surface area contributed by atoms with E-state index in [0.717, 1.165) is 37.8 Å². The molecule has 0 atom stereocenters. The highest BCUT2D eigenvalue weighted by Crippen LogP contribution is 2.29. The van der Waals surface area contributed by atoms with Crippen molar-refractivity contribution in [1.29, 1.82) is 0 Å². The molecular weight excluding hydrogens is 236 g/mol. The standard InChI is InChI=1S/C16H22N2O/c19-16-8-4-1-5-13(12-16)11-14-9-10-18(17-14)15-6-2-3-7-15/h9-10,12,15H,1-8,11H2. The van der Waals surface area contributed by atoms with E-state index in [1.54, 1.807) is 0 Å². The molecule has 0 radical (unpaired) electrons. The van der Waals surface area contributed by atoms with E-state index in [0.29, 0.717) is 11.8 Å². The Labute approximate surface area is 114 Å². The average molecular weight is 258 g/mol. The molecule has 1 saturated carbocycles. The van der Waals surface area contributed by atoms with Crippen LogP contribution in [0.4, 0.5) is 0 Å². The molecule has 1 fully saturated rings. The Balaban J connectivity index is 1.67. The highest BCUT2D eigenvalue weighted by Gasteiger charge is 2.18. The molecule has 0 aliphatic heterocycles. The van der Waals surface area contributed by atoms with Crippen LogP contribution in [0.1, 0.15) is 63.1 Å². The summed E-state index contributed by atoms with van der Waals surface area (Å²) in [5.41, 5.74) is 2.38. The van der Waals surface area contributed by atoms with E-state index < -0.39 is 0 Å². The number of carbonyl (C=O) groups excluding carboxylic acids is 1. The van der Waals surface area contributed by atoms with Gasteiger partial charge in [0.1, 0.15) is 0 Å². The summed E-state index contributed by atoms with van der Waals surface area (Å²) in [6.45, 7) is 0. The minimum absolute atomic E-state index is 0.294. The highest BCUT2D eigenvalue weighted by molar-refractivity contribution is 5.90. The lowest BCUT2D eigenvalue weighted by atomic mass is 10.1. The maximum Gasteiger partial charge on any atom is 0.155 e. The summed E-state index contributed by atoms with van der Waals surface area (Å²) in [7, 11) is 0. The van der Waals surface area contributed by atoms with Crippen LogP contribution in [0.2, 0.25) is 0 Å². The van der Waals surface area contributed by atoms with Crippen molar-refractivity contribution in [2.24, 2.45) is 0 Å². The van der Waals surface area contributed by atoms with E-state index in [1.807, 2.05) is 6.08 Å². The van der Waals surface area contributed by atoms with Crippen molar-refractivity contribution in [2.45, 2.75) is 63.8 Å². The van der Waals surface area contributed by atoms with Gasteiger partial charge in [0.2, 0.25) is 0 Å². The molecule has 1 heterocycles. The Bertz CT molecular complexity index is 481. The fraction of sp³-hybridized carbons (Fsp3) is 0.625. The van der Waals surface area contributed by atoms with Crippen molar-refractivity contribution in [1.82, 2.24) is 9.78 Å². The predicted octanol–water partition coefficient (Wildman–Crippen LogP) is 3.61. The fourth-order valence-electron chi connectivity index (χ4n) is 3.24. The second-order valence-electron chi connectivity index (χ2n) is 5.88. The van der Waals surface area contributed by atoms with Gasteiger partial charge in [-0.05, 0) is 44.2 Å². The van der Waals surface area contributed by atoms with Gasteiger partial charge in [0, 0.05) is 19.0 Å². The normalized spacial score (nSPS) is 21.5. The molecule has 2 aliphatic rings. The Morgan fingerprint density at radius 1 is 1.16 bits per heavy atom. The average Bonchev–Trinajstić information content (AvgIpc) is 3.01. The molecular formula is C16H22N2O. The van der Waals surface area contributed by atoms with E-state index in [2.05, 4.69) is 16.9 Å². The van der Waals surface area contributed by atoms with Crippen LogP contribution in [-0.2, 0) is 11.2 Å². The molecule has 0 aromatic carbocycles. The number of nitrogens with zero attached hydrogens (tertiary/aromatic N) is 2. The minimum Gasteiger partial charge on any atom is -0.295 e. The Hall–Kier alpha value is -1.38. The van der Waals surface area contributed by atoms with Gasteiger partial charge in [-0.2, -0.15) is 5.10 Å². The summed E-state index contributed by atoms with van der Waals surface area (Å²) in [6.07, 6.45) is 14.0. The topological polar surface area (TPSA) is 34.9 Å².